The minimum atomic E-state index is -3.13. The van der Waals surface area contributed by atoms with Gasteiger partial charge in [-0.3, -0.25) is 4.57 Å². The van der Waals surface area contributed by atoms with E-state index in [1.165, 1.54) is 37.9 Å². The van der Waals surface area contributed by atoms with E-state index in [0.29, 0.717) is 19.8 Å². The number of hydrogen-bond acceptors (Lipinski definition) is 5. The Balaban J connectivity index is 3.65. The topological polar surface area (TPSA) is 54.0 Å². The Morgan fingerprint density at radius 2 is 1.10 bits per heavy atom. The van der Waals surface area contributed by atoms with E-state index in [0.717, 1.165) is 51.6 Å². The molecule has 2 unspecified atom stereocenters. The van der Waals surface area contributed by atoms with Crippen molar-refractivity contribution >= 4 is 16.0 Å². The fourth-order valence-electron chi connectivity index (χ4n) is 2.59. The van der Waals surface area contributed by atoms with Crippen molar-refractivity contribution < 1.29 is 22.7 Å². The molecule has 0 bridgehead atoms. The Morgan fingerprint density at radius 3 is 1.48 bits per heavy atom. The highest BCUT2D eigenvalue weighted by Gasteiger charge is 2.19. The molecule has 0 aliphatic carbocycles. The van der Waals surface area contributed by atoms with Crippen molar-refractivity contribution in [1.29, 1.82) is 0 Å². The quantitative estimate of drug-likeness (QED) is 0.115. The van der Waals surface area contributed by atoms with Crippen LogP contribution < -0.4 is 0 Å². The molecule has 0 heterocycles. The molecule has 5 nitrogen and oxygen atoms in total. The Kier molecular flexibility index (Phi) is 21.2. The number of unbranched alkanes of at least 4 members (excludes halogenated alkanes) is 9. The number of rotatable bonds is 23. The van der Waals surface area contributed by atoms with Gasteiger partial charge in [0.25, 0.3) is 0 Å². The lowest BCUT2D eigenvalue weighted by atomic mass is 10.2. The molecule has 0 amide bonds. The van der Waals surface area contributed by atoms with Gasteiger partial charge < -0.3 is 18.1 Å². The zero-order chi connectivity index (χ0) is 21.6. The Hall–Kier alpha value is -0.0200. The van der Waals surface area contributed by atoms with Crippen LogP contribution >= 0.6 is 16.0 Å². The Labute approximate surface area is 181 Å². The Morgan fingerprint density at radius 1 is 0.690 bits per heavy atom. The van der Waals surface area contributed by atoms with E-state index in [1.807, 2.05) is 0 Å². The first-order valence-electron chi connectivity index (χ1n) is 11.3. The second-order valence-corrected chi connectivity index (χ2v) is 10.5. The third-order valence-corrected chi connectivity index (χ3v) is 7.09. The van der Waals surface area contributed by atoms with Crippen LogP contribution in [-0.4, -0.2) is 26.4 Å². The van der Waals surface area contributed by atoms with Crippen molar-refractivity contribution in [3.05, 3.63) is 24.8 Å². The van der Waals surface area contributed by atoms with Gasteiger partial charge in [-0.2, -0.15) is 0 Å². The van der Waals surface area contributed by atoms with E-state index >= 15 is 0 Å². The lowest BCUT2D eigenvalue weighted by molar-refractivity contribution is 0.204. The molecule has 0 saturated heterocycles. The maximum absolute atomic E-state index is 12.4. The normalized spacial score (nSPS) is 14.4. The molecule has 0 fully saturated rings. The summed E-state index contributed by atoms with van der Waals surface area (Å²) in [7, 11) is -4.09. The summed E-state index contributed by atoms with van der Waals surface area (Å²) >= 11 is 0. The molecule has 0 aromatic heterocycles. The van der Waals surface area contributed by atoms with Crippen LogP contribution in [0.1, 0.15) is 90.9 Å². The highest BCUT2D eigenvalue weighted by Crippen LogP contribution is 2.49. The second-order valence-electron chi connectivity index (χ2n) is 7.06. The fraction of sp³-hybridized carbons (Fsp3) is 0.818. The van der Waals surface area contributed by atoms with Crippen LogP contribution in [0.25, 0.3) is 0 Å². The van der Waals surface area contributed by atoms with Gasteiger partial charge in [0.2, 0.25) is 0 Å². The van der Waals surface area contributed by atoms with E-state index in [1.54, 1.807) is 5.82 Å². The minimum absolute atomic E-state index is 0.430. The number of hydrogen-bond donors (Lipinski definition) is 0. The van der Waals surface area contributed by atoms with Crippen LogP contribution in [0.15, 0.2) is 24.8 Å². The van der Waals surface area contributed by atoms with Crippen molar-refractivity contribution in [3.63, 3.8) is 0 Å². The average Bonchev–Trinajstić information content (AvgIpc) is 2.73. The summed E-state index contributed by atoms with van der Waals surface area (Å²) in [5.41, 5.74) is 0. The molecular weight excluding hydrogens is 406 g/mol. The maximum Gasteiger partial charge on any atom is 0.353 e. The smallest absolute Gasteiger partial charge is 0.331 e. The second kappa shape index (κ2) is 21.2. The molecule has 29 heavy (non-hydrogen) atoms. The summed E-state index contributed by atoms with van der Waals surface area (Å²) in [5, 5.41) is 0. The van der Waals surface area contributed by atoms with Crippen LogP contribution in [-0.2, 0) is 22.7 Å². The van der Waals surface area contributed by atoms with Crippen molar-refractivity contribution in [3.8, 4) is 0 Å². The van der Waals surface area contributed by atoms with Gasteiger partial charge in [-0.1, -0.05) is 78.4 Å². The van der Waals surface area contributed by atoms with Gasteiger partial charge in [-0.25, -0.2) is 0 Å². The van der Waals surface area contributed by atoms with Gasteiger partial charge in [0.05, 0.1) is 26.4 Å². The van der Waals surface area contributed by atoms with Gasteiger partial charge in [0.15, 0.2) is 8.38 Å². The first-order chi connectivity index (χ1) is 14.1. The molecule has 0 spiro atoms. The zero-order valence-electron chi connectivity index (χ0n) is 18.8. The molecular formula is C22H44O5P2. The summed E-state index contributed by atoms with van der Waals surface area (Å²) in [4.78, 5) is 0. The summed E-state index contributed by atoms with van der Waals surface area (Å²) in [6.45, 7) is 14.1. The highest BCUT2D eigenvalue weighted by atomic mass is 31.2. The molecule has 0 rings (SSSR count). The highest BCUT2D eigenvalue weighted by molar-refractivity contribution is 7.57. The van der Waals surface area contributed by atoms with E-state index in [9.17, 15) is 4.57 Å². The first-order valence-corrected chi connectivity index (χ1v) is 14.2. The Bertz CT molecular complexity index is 431. The van der Waals surface area contributed by atoms with E-state index in [-0.39, 0.29) is 0 Å². The van der Waals surface area contributed by atoms with Gasteiger partial charge in [0.1, 0.15) is 0 Å². The van der Waals surface area contributed by atoms with Gasteiger partial charge in [-0.05, 0) is 31.5 Å². The van der Waals surface area contributed by atoms with Crippen molar-refractivity contribution in [2.75, 3.05) is 26.4 Å². The van der Waals surface area contributed by atoms with Crippen LogP contribution in [0.4, 0.5) is 0 Å². The molecule has 0 saturated carbocycles. The third kappa shape index (κ3) is 18.5. The molecule has 0 aromatic rings. The van der Waals surface area contributed by atoms with Crippen molar-refractivity contribution in [2.24, 2.45) is 0 Å². The summed E-state index contributed by atoms with van der Waals surface area (Å²) in [6, 6.07) is 0. The lowest BCUT2D eigenvalue weighted by Crippen LogP contribution is -1.98. The molecule has 172 valence electrons. The third-order valence-electron chi connectivity index (χ3n) is 4.39. The molecule has 0 aliphatic rings. The molecule has 0 N–H and O–H groups in total. The maximum atomic E-state index is 12.4. The summed E-state index contributed by atoms with van der Waals surface area (Å²) < 4.78 is 34.8. The SMILES string of the molecule is C=CP(OCCCCCC)OCCCCCCOP(=O)(C=C)OCCCCCC. The summed E-state index contributed by atoms with van der Waals surface area (Å²) in [6.07, 6.45) is 13.0. The fourth-order valence-corrected chi connectivity index (χ4v) is 4.55. The van der Waals surface area contributed by atoms with Crippen molar-refractivity contribution in [1.82, 2.24) is 0 Å². The molecule has 7 heteroatoms. The largest absolute Gasteiger partial charge is 0.353 e. The molecule has 2 atom stereocenters. The monoisotopic (exact) mass is 450 g/mol. The van der Waals surface area contributed by atoms with Gasteiger partial charge >= 0.3 is 7.60 Å². The standard InChI is InChI=1S/C22H44O5P2/c1-5-9-11-15-19-24-28(7-3)25-20-16-13-14-18-22-27-29(23,8-4)26-21-17-12-10-6-2/h7-8H,3-6,9-22H2,1-2H3. The van der Waals surface area contributed by atoms with Crippen LogP contribution in [0.5, 0.6) is 0 Å². The van der Waals surface area contributed by atoms with E-state index in [2.05, 4.69) is 27.0 Å². The van der Waals surface area contributed by atoms with Crippen LogP contribution in [0, 0.1) is 0 Å². The van der Waals surface area contributed by atoms with Crippen LogP contribution in [0.3, 0.4) is 0 Å². The van der Waals surface area contributed by atoms with Gasteiger partial charge in [-0.15, -0.1) is 0 Å². The predicted molar refractivity (Wildman–Crippen MR) is 125 cm³/mol. The first kappa shape index (κ1) is 29.0. The van der Waals surface area contributed by atoms with Crippen molar-refractivity contribution in [2.45, 2.75) is 90.9 Å². The van der Waals surface area contributed by atoms with E-state index < -0.39 is 16.0 Å². The molecule has 0 radical (unpaired) electrons. The molecule has 0 aromatic carbocycles. The summed E-state index contributed by atoms with van der Waals surface area (Å²) in [5.74, 6) is 3.10. The predicted octanol–water partition coefficient (Wildman–Crippen LogP) is 8.57. The lowest BCUT2D eigenvalue weighted by Gasteiger charge is -2.15. The average molecular weight is 451 g/mol. The van der Waals surface area contributed by atoms with E-state index in [4.69, 9.17) is 18.1 Å². The van der Waals surface area contributed by atoms with Gasteiger partial charge in [0, 0.05) is 5.82 Å². The zero-order valence-corrected chi connectivity index (χ0v) is 20.6. The minimum Gasteiger partial charge on any atom is -0.331 e. The molecule has 0 aliphatic heterocycles. The van der Waals surface area contributed by atoms with Crippen LogP contribution in [0.2, 0.25) is 0 Å².